The van der Waals surface area contributed by atoms with Crippen LogP contribution in [0.5, 0.6) is 0 Å². The molecular formula is C22H26. The van der Waals surface area contributed by atoms with Crippen molar-refractivity contribution in [1.29, 1.82) is 0 Å². The molecule has 22 heavy (non-hydrogen) atoms. The van der Waals surface area contributed by atoms with Crippen LogP contribution in [-0.4, -0.2) is 0 Å². The maximum atomic E-state index is 2.44. The third-order valence-electron chi connectivity index (χ3n) is 4.81. The molecule has 1 aliphatic carbocycles. The normalized spacial score (nSPS) is 19.1. The Hall–Kier alpha value is -1.82. The first-order valence-electron chi connectivity index (χ1n) is 8.72. The minimum Gasteiger partial charge on any atom is -0.0654 e. The largest absolute Gasteiger partial charge is 0.0654 e. The molecule has 0 radical (unpaired) electrons. The summed E-state index contributed by atoms with van der Waals surface area (Å²) < 4.78 is 0. The predicted octanol–water partition coefficient (Wildman–Crippen LogP) is 6.38. The van der Waals surface area contributed by atoms with Crippen molar-refractivity contribution in [2.24, 2.45) is 0 Å². The first-order chi connectivity index (χ1) is 10.9. The van der Waals surface area contributed by atoms with Gasteiger partial charge in [0.2, 0.25) is 0 Å². The standard InChI is InChI=1S/C22H26/c1-2-3-5-13-22-20(17-18-10-6-4-7-11-18)16-15-19-12-8-9-14-21(19)22/h4,6-12,14,17,22H,2-3,5,13,15-16H2,1H3/b20-17-. The van der Waals surface area contributed by atoms with Crippen molar-refractivity contribution < 1.29 is 0 Å². The summed E-state index contributed by atoms with van der Waals surface area (Å²) in [5, 5.41) is 0. The van der Waals surface area contributed by atoms with Gasteiger partial charge < -0.3 is 0 Å². The van der Waals surface area contributed by atoms with Crippen molar-refractivity contribution >= 4 is 6.08 Å². The summed E-state index contributed by atoms with van der Waals surface area (Å²) in [5.74, 6) is 0.622. The molecule has 0 N–H and O–H groups in total. The van der Waals surface area contributed by atoms with Crippen LogP contribution in [0.4, 0.5) is 0 Å². The summed E-state index contributed by atoms with van der Waals surface area (Å²) in [5.41, 5.74) is 6.11. The van der Waals surface area contributed by atoms with Crippen LogP contribution in [0.3, 0.4) is 0 Å². The highest BCUT2D eigenvalue weighted by Crippen LogP contribution is 2.40. The lowest BCUT2D eigenvalue weighted by Gasteiger charge is -2.29. The van der Waals surface area contributed by atoms with Crippen LogP contribution in [-0.2, 0) is 6.42 Å². The summed E-state index contributed by atoms with van der Waals surface area (Å²) in [4.78, 5) is 0. The molecule has 0 saturated carbocycles. The van der Waals surface area contributed by atoms with E-state index in [9.17, 15) is 0 Å². The van der Waals surface area contributed by atoms with Gasteiger partial charge in [-0.3, -0.25) is 0 Å². The van der Waals surface area contributed by atoms with Gasteiger partial charge in [0.1, 0.15) is 0 Å². The topological polar surface area (TPSA) is 0 Å². The lowest BCUT2D eigenvalue weighted by Crippen LogP contribution is -2.13. The molecule has 0 aromatic heterocycles. The van der Waals surface area contributed by atoms with Crippen LogP contribution in [0.1, 0.15) is 61.6 Å². The molecular weight excluding hydrogens is 264 g/mol. The fourth-order valence-corrected chi connectivity index (χ4v) is 3.63. The maximum Gasteiger partial charge on any atom is 0.00543 e. The van der Waals surface area contributed by atoms with Gasteiger partial charge in [0.15, 0.2) is 0 Å². The van der Waals surface area contributed by atoms with E-state index in [2.05, 4.69) is 67.6 Å². The molecule has 114 valence electrons. The average molecular weight is 290 g/mol. The Morgan fingerprint density at radius 2 is 1.68 bits per heavy atom. The molecule has 0 fully saturated rings. The van der Waals surface area contributed by atoms with E-state index < -0.39 is 0 Å². The molecule has 0 aliphatic heterocycles. The van der Waals surface area contributed by atoms with Crippen molar-refractivity contribution in [1.82, 2.24) is 0 Å². The molecule has 3 rings (SSSR count). The number of allylic oxidation sites excluding steroid dienone is 1. The van der Waals surface area contributed by atoms with Gasteiger partial charge in [0, 0.05) is 5.92 Å². The fraction of sp³-hybridized carbons (Fsp3) is 0.364. The first kappa shape index (κ1) is 15.1. The fourth-order valence-electron chi connectivity index (χ4n) is 3.63. The summed E-state index contributed by atoms with van der Waals surface area (Å²) in [7, 11) is 0. The van der Waals surface area contributed by atoms with Gasteiger partial charge in [-0.25, -0.2) is 0 Å². The number of unbranched alkanes of at least 4 members (excludes halogenated alkanes) is 2. The molecule has 2 aromatic carbocycles. The highest BCUT2D eigenvalue weighted by molar-refractivity contribution is 5.57. The number of benzene rings is 2. The summed E-state index contributed by atoms with van der Waals surface area (Å²) >= 11 is 0. The molecule has 2 aromatic rings. The lowest BCUT2D eigenvalue weighted by molar-refractivity contribution is 0.582. The second-order valence-electron chi connectivity index (χ2n) is 6.38. The van der Waals surface area contributed by atoms with E-state index in [4.69, 9.17) is 0 Å². The third kappa shape index (κ3) is 3.50. The van der Waals surface area contributed by atoms with Crippen LogP contribution < -0.4 is 0 Å². The quantitative estimate of drug-likeness (QED) is 0.560. The highest BCUT2D eigenvalue weighted by atomic mass is 14.3. The van der Waals surface area contributed by atoms with E-state index in [1.54, 1.807) is 16.7 Å². The van der Waals surface area contributed by atoms with Crippen LogP contribution in [0.2, 0.25) is 0 Å². The Morgan fingerprint density at radius 1 is 0.909 bits per heavy atom. The number of fused-ring (bicyclic) bond motifs is 1. The highest BCUT2D eigenvalue weighted by Gasteiger charge is 2.23. The minimum atomic E-state index is 0.622. The molecule has 1 unspecified atom stereocenters. The predicted molar refractivity (Wildman–Crippen MR) is 96.1 cm³/mol. The monoisotopic (exact) mass is 290 g/mol. The molecule has 0 saturated heterocycles. The zero-order chi connectivity index (χ0) is 15.2. The van der Waals surface area contributed by atoms with Gasteiger partial charge in [0.25, 0.3) is 0 Å². The van der Waals surface area contributed by atoms with Gasteiger partial charge in [-0.2, -0.15) is 0 Å². The Morgan fingerprint density at radius 3 is 2.50 bits per heavy atom. The Labute approximate surface area is 134 Å². The average Bonchev–Trinajstić information content (AvgIpc) is 2.57. The van der Waals surface area contributed by atoms with Gasteiger partial charge in [-0.1, -0.05) is 92.4 Å². The minimum absolute atomic E-state index is 0.622. The molecule has 0 bridgehead atoms. The Balaban J connectivity index is 1.90. The van der Waals surface area contributed by atoms with Crippen molar-refractivity contribution in [3.8, 4) is 0 Å². The Bertz CT molecular complexity index is 621. The van der Waals surface area contributed by atoms with Crippen LogP contribution in [0.25, 0.3) is 6.08 Å². The lowest BCUT2D eigenvalue weighted by atomic mass is 9.76. The van der Waals surface area contributed by atoms with E-state index in [1.165, 1.54) is 44.1 Å². The maximum absolute atomic E-state index is 2.44. The van der Waals surface area contributed by atoms with E-state index in [-0.39, 0.29) is 0 Å². The van der Waals surface area contributed by atoms with Crippen molar-refractivity contribution in [3.63, 3.8) is 0 Å². The van der Waals surface area contributed by atoms with Crippen LogP contribution in [0.15, 0.2) is 60.2 Å². The van der Waals surface area contributed by atoms with E-state index in [0.29, 0.717) is 5.92 Å². The molecule has 0 heteroatoms. The molecule has 0 spiro atoms. The second kappa shape index (κ2) is 7.45. The van der Waals surface area contributed by atoms with Crippen molar-refractivity contribution in [2.75, 3.05) is 0 Å². The summed E-state index contributed by atoms with van der Waals surface area (Å²) in [6.07, 6.45) is 10.1. The SMILES string of the molecule is CCCCCC1/C(=C\c2ccccc2)CCc2ccccc21. The third-order valence-corrected chi connectivity index (χ3v) is 4.81. The van der Waals surface area contributed by atoms with Gasteiger partial charge in [-0.05, 0) is 36.0 Å². The second-order valence-corrected chi connectivity index (χ2v) is 6.38. The molecule has 0 amide bonds. The number of aryl methyl sites for hydroxylation is 1. The molecule has 1 aliphatic rings. The zero-order valence-electron chi connectivity index (χ0n) is 13.6. The van der Waals surface area contributed by atoms with E-state index in [0.717, 1.165) is 0 Å². The molecule has 0 nitrogen and oxygen atoms in total. The summed E-state index contributed by atoms with van der Waals surface area (Å²) in [6.45, 7) is 2.29. The van der Waals surface area contributed by atoms with Crippen molar-refractivity contribution in [3.05, 3.63) is 76.9 Å². The van der Waals surface area contributed by atoms with E-state index in [1.807, 2.05) is 0 Å². The smallest absolute Gasteiger partial charge is 0.00543 e. The Kier molecular flexibility index (Phi) is 5.11. The van der Waals surface area contributed by atoms with E-state index >= 15 is 0 Å². The molecule has 0 heterocycles. The number of hydrogen-bond acceptors (Lipinski definition) is 0. The van der Waals surface area contributed by atoms with Gasteiger partial charge in [-0.15, -0.1) is 0 Å². The van der Waals surface area contributed by atoms with Crippen LogP contribution in [0, 0.1) is 0 Å². The van der Waals surface area contributed by atoms with Gasteiger partial charge >= 0.3 is 0 Å². The number of rotatable bonds is 5. The molecule has 1 atom stereocenters. The summed E-state index contributed by atoms with van der Waals surface area (Å²) in [6, 6.07) is 19.9. The number of hydrogen-bond donors (Lipinski definition) is 0. The van der Waals surface area contributed by atoms with Crippen LogP contribution >= 0.6 is 0 Å². The van der Waals surface area contributed by atoms with Gasteiger partial charge in [0.05, 0.1) is 0 Å². The zero-order valence-corrected chi connectivity index (χ0v) is 13.6. The van der Waals surface area contributed by atoms with Crippen molar-refractivity contribution in [2.45, 2.75) is 51.4 Å². The first-order valence-corrected chi connectivity index (χ1v) is 8.72.